The molecule has 0 fully saturated rings. The summed E-state index contributed by atoms with van der Waals surface area (Å²) in [7, 11) is 0. The van der Waals surface area contributed by atoms with Crippen molar-refractivity contribution in [2.24, 2.45) is 5.92 Å². The number of aryl methyl sites for hydroxylation is 1. The van der Waals surface area contributed by atoms with Crippen LogP contribution in [0.1, 0.15) is 18.9 Å². The van der Waals surface area contributed by atoms with E-state index in [1.54, 1.807) is 25.2 Å². The molecule has 0 spiro atoms. The van der Waals surface area contributed by atoms with Crippen LogP contribution in [0.4, 0.5) is 11.5 Å². The van der Waals surface area contributed by atoms with Gasteiger partial charge in [0.05, 0.1) is 21.4 Å². The zero-order chi connectivity index (χ0) is 18.0. The van der Waals surface area contributed by atoms with E-state index in [0.717, 1.165) is 15.2 Å². The fourth-order valence-corrected chi connectivity index (χ4v) is 3.04. The van der Waals surface area contributed by atoms with E-state index in [1.165, 1.54) is 10.9 Å². The third-order valence-electron chi connectivity index (χ3n) is 3.40. The number of anilines is 2. The molecule has 0 atom stereocenters. The first-order valence-electron chi connectivity index (χ1n) is 7.79. The van der Waals surface area contributed by atoms with E-state index < -0.39 is 0 Å². The molecular weight excluding hydrogens is 340 g/mol. The highest BCUT2D eigenvalue weighted by Gasteiger charge is 2.11. The molecule has 0 saturated carbocycles. The predicted octanol–water partition coefficient (Wildman–Crippen LogP) is 2.43. The predicted molar refractivity (Wildman–Crippen MR) is 96.5 cm³/mol. The summed E-state index contributed by atoms with van der Waals surface area (Å²) in [4.78, 5) is 28.2. The summed E-state index contributed by atoms with van der Waals surface area (Å²) >= 11 is 1.58. The number of carbonyl (C=O) groups excluding carboxylic acids is 2. The van der Waals surface area contributed by atoms with E-state index in [1.807, 2.05) is 25.1 Å². The Morgan fingerprint density at radius 1 is 1.28 bits per heavy atom. The molecule has 0 radical (unpaired) electrons. The van der Waals surface area contributed by atoms with Crippen molar-refractivity contribution in [3.05, 3.63) is 29.4 Å². The van der Waals surface area contributed by atoms with Crippen LogP contribution in [0.3, 0.4) is 0 Å². The van der Waals surface area contributed by atoms with Gasteiger partial charge in [0, 0.05) is 11.6 Å². The average molecular weight is 358 g/mol. The van der Waals surface area contributed by atoms with Gasteiger partial charge in [0.1, 0.15) is 6.54 Å². The molecular formula is C16H18N6O2S. The largest absolute Gasteiger partial charge is 0.324 e. The molecule has 1 aromatic carbocycles. The van der Waals surface area contributed by atoms with Gasteiger partial charge in [-0.15, -0.1) is 16.4 Å². The van der Waals surface area contributed by atoms with Gasteiger partial charge in [0.15, 0.2) is 5.82 Å². The number of fused-ring (bicyclic) bond motifs is 1. The maximum absolute atomic E-state index is 12.2. The monoisotopic (exact) mass is 358 g/mol. The van der Waals surface area contributed by atoms with E-state index in [0.29, 0.717) is 11.5 Å². The number of nitrogens with zero attached hydrogens (tertiary/aromatic N) is 4. The first kappa shape index (κ1) is 17.0. The molecule has 2 amide bonds. The maximum atomic E-state index is 12.2. The fourth-order valence-electron chi connectivity index (χ4n) is 2.17. The Labute approximate surface area is 148 Å². The van der Waals surface area contributed by atoms with Crippen molar-refractivity contribution in [2.45, 2.75) is 27.3 Å². The zero-order valence-electron chi connectivity index (χ0n) is 14.1. The molecule has 9 heteroatoms. The van der Waals surface area contributed by atoms with Crippen LogP contribution in [-0.2, 0) is 16.1 Å². The summed E-state index contributed by atoms with van der Waals surface area (Å²) < 4.78 is 2.40. The summed E-state index contributed by atoms with van der Waals surface area (Å²) in [6.07, 6.45) is 1.52. The Bertz CT molecular complexity index is 930. The molecule has 2 N–H and O–H groups in total. The van der Waals surface area contributed by atoms with Crippen molar-refractivity contribution in [2.75, 3.05) is 10.6 Å². The number of aromatic nitrogens is 4. The van der Waals surface area contributed by atoms with Crippen LogP contribution in [-0.4, -0.2) is 31.8 Å². The van der Waals surface area contributed by atoms with E-state index in [9.17, 15) is 9.59 Å². The Morgan fingerprint density at radius 2 is 2.08 bits per heavy atom. The summed E-state index contributed by atoms with van der Waals surface area (Å²) in [5, 5.41) is 14.1. The molecule has 0 aliphatic heterocycles. The van der Waals surface area contributed by atoms with Crippen LogP contribution in [0.5, 0.6) is 0 Å². The molecule has 0 saturated heterocycles. The Morgan fingerprint density at radius 3 is 2.84 bits per heavy atom. The highest BCUT2D eigenvalue weighted by atomic mass is 32.1. The molecule has 25 heavy (non-hydrogen) atoms. The zero-order valence-corrected chi connectivity index (χ0v) is 14.9. The summed E-state index contributed by atoms with van der Waals surface area (Å²) in [5.74, 6) is -0.205. The summed E-state index contributed by atoms with van der Waals surface area (Å²) in [6, 6.07) is 5.59. The highest BCUT2D eigenvalue weighted by Crippen LogP contribution is 2.24. The second-order valence-electron chi connectivity index (χ2n) is 5.91. The van der Waals surface area contributed by atoms with Crippen molar-refractivity contribution in [1.29, 1.82) is 0 Å². The van der Waals surface area contributed by atoms with Gasteiger partial charge < -0.3 is 10.6 Å². The molecule has 2 aromatic heterocycles. The molecule has 0 unspecified atom stereocenters. The molecule has 130 valence electrons. The minimum Gasteiger partial charge on any atom is -0.324 e. The lowest BCUT2D eigenvalue weighted by molar-refractivity contribution is -0.119. The van der Waals surface area contributed by atoms with Crippen LogP contribution in [0.2, 0.25) is 0 Å². The van der Waals surface area contributed by atoms with Gasteiger partial charge in [0.25, 0.3) is 0 Å². The second kappa shape index (κ2) is 6.98. The number of amides is 2. The smallest absolute Gasteiger partial charge is 0.246 e. The van der Waals surface area contributed by atoms with Gasteiger partial charge in [-0.05, 0) is 25.1 Å². The molecule has 0 aliphatic carbocycles. The normalized spacial score (nSPS) is 11.0. The van der Waals surface area contributed by atoms with Crippen LogP contribution < -0.4 is 10.6 Å². The molecule has 3 aromatic rings. The Hall–Kier alpha value is -2.81. The minimum atomic E-state index is -0.229. The second-order valence-corrected chi connectivity index (χ2v) is 7.14. The van der Waals surface area contributed by atoms with E-state index >= 15 is 0 Å². The van der Waals surface area contributed by atoms with Crippen molar-refractivity contribution in [3.8, 4) is 0 Å². The van der Waals surface area contributed by atoms with Gasteiger partial charge in [0.2, 0.25) is 11.8 Å². The van der Waals surface area contributed by atoms with Gasteiger partial charge in [-0.25, -0.2) is 9.67 Å². The number of benzene rings is 1. The van der Waals surface area contributed by atoms with E-state index in [-0.39, 0.29) is 24.3 Å². The maximum Gasteiger partial charge on any atom is 0.246 e. The van der Waals surface area contributed by atoms with E-state index in [4.69, 9.17) is 0 Å². The van der Waals surface area contributed by atoms with Crippen molar-refractivity contribution in [3.63, 3.8) is 0 Å². The molecule has 0 aliphatic rings. The van der Waals surface area contributed by atoms with Gasteiger partial charge in [-0.1, -0.05) is 19.1 Å². The van der Waals surface area contributed by atoms with Crippen LogP contribution >= 0.6 is 11.3 Å². The van der Waals surface area contributed by atoms with Gasteiger partial charge in [-0.3, -0.25) is 9.59 Å². The van der Waals surface area contributed by atoms with Crippen LogP contribution in [0.15, 0.2) is 24.4 Å². The topological polar surface area (TPSA) is 102 Å². The van der Waals surface area contributed by atoms with Gasteiger partial charge in [-0.2, -0.15) is 0 Å². The van der Waals surface area contributed by atoms with Crippen molar-refractivity contribution < 1.29 is 9.59 Å². The van der Waals surface area contributed by atoms with Crippen LogP contribution in [0.25, 0.3) is 10.2 Å². The van der Waals surface area contributed by atoms with Gasteiger partial charge >= 0.3 is 0 Å². The van der Waals surface area contributed by atoms with Crippen molar-refractivity contribution >= 4 is 44.9 Å². The first-order chi connectivity index (χ1) is 11.9. The number of carbonyl (C=O) groups is 2. The number of thiazole rings is 1. The van der Waals surface area contributed by atoms with E-state index in [2.05, 4.69) is 25.9 Å². The Kier molecular flexibility index (Phi) is 4.75. The lowest BCUT2D eigenvalue weighted by Gasteiger charge is -2.05. The summed E-state index contributed by atoms with van der Waals surface area (Å²) in [6.45, 7) is 5.52. The average Bonchev–Trinajstić information content (AvgIpc) is 3.11. The third kappa shape index (κ3) is 4.18. The quantitative estimate of drug-likeness (QED) is 0.729. The molecule has 0 bridgehead atoms. The lowest BCUT2D eigenvalue weighted by Crippen LogP contribution is -2.19. The first-order valence-corrected chi connectivity index (χ1v) is 8.60. The number of hydrogen-bond donors (Lipinski definition) is 2. The molecule has 8 nitrogen and oxygen atoms in total. The SMILES string of the molecule is Cc1nc2ccc(NC(=O)Cn3cc(NC(=O)C(C)C)nn3)cc2s1. The minimum absolute atomic E-state index is 0.00427. The lowest BCUT2D eigenvalue weighted by atomic mass is 10.2. The Balaban J connectivity index is 1.61. The number of rotatable bonds is 5. The third-order valence-corrected chi connectivity index (χ3v) is 4.33. The number of nitrogens with one attached hydrogen (secondary N) is 2. The van der Waals surface area contributed by atoms with Crippen LogP contribution in [0, 0.1) is 12.8 Å². The van der Waals surface area contributed by atoms with Crippen molar-refractivity contribution in [1.82, 2.24) is 20.0 Å². The molecule has 2 heterocycles. The summed E-state index contributed by atoms with van der Waals surface area (Å²) in [5.41, 5.74) is 1.62. The number of hydrogen-bond acceptors (Lipinski definition) is 6. The fraction of sp³-hybridized carbons (Fsp3) is 0.312. The standard InChI is InChI=1S/C16H18N6O2S/c1-9(2)16(24)19-14-7-22(21-20-14)8-15(23)18-11-4-5-12-13(6-11)25-10(3)17-12/h4-7,9H,8H2,1-3H3,(H,18,23)(H,19,24). The highest BCUT2D eigenvalue weighted by molar-refractivity contribution is 7.18. The molecule has 3 rings (SSSR count).